The lowest BCUT2D eigenvalue weighted by atomic mass is 10.1. The summed E-state index contributed by atoms with van der Waals surface area (Å²) in [6, 6.07) is 13.6. The van der Waals surface area contributed by atoms with Gasteiger partial charge in [0.2, 0.25) is 0 Å². The molecule has 0 saturated heterocycles. The Morgan fingerprint density at radius 2 is 1.78 bits per heavy atom. The minimum absolute atomic E-state index is 0.0790. The van der Waals surface area contributed by atoms with Crippen LogP contribution < -0.4 is 10.2 Å². The number of hydrogen-bond acceptors (Lipinski definition) is 5. The molecule has 116 valence electrons. The molecule has 1 heterocycles. The van der Waals surface area contributed by atoms with Gasteiger partial charge in [0.15, 0.2) is 0 Å². The standard InChI is InChI=1S/C17H14N2O4/c1-23-17(22)11-6-2-4-8-13(11)18-10-19-14-9-5-3-7-12(14)15(20)16(19)21/h2-9,18H,10H2,1H3. The lowest BCUT2D eigenvalue weighted by Crippen LogP contribution is -2.34. The number of ether oxygens (including phenoxy) is 1. The molecule has 6 heteroatoms. The molecule has 1 aliphatic rings. The number of rotatable bonds is 4. The number of nitrogens with zero attached hydrogens (tertiary/aromatic N) is 1. The molecule has 0 spiro atoms. The SMILES string of the molecule is COC(=O)c1ccccc1NCN1C(=O)C(=O)c2ccccc21. The van der Waals surface area contributed by atoms with Gasteiger partial charge in [-0.15, -0.1) is 0 Å². The van der Waals surface area contributed by atoms with Crippen LogP contribution in [0.3, 0.4) is 0 Å². The number of anilines is 2. The van der Waals surface area contributed by atoms with E-state index in [1.807, 2.05) is 0 Å². The molecule has 0 bridgehead atoms. The van der Waals surface area contributed by atoms with Gasteiger partial charge in [0.25, 0.3) is 5.78 Å². The topological polar surface area (TPSA) is 75.7 Å². The van der Waals surface area contributed by atoms with Crippen molar-refractivity contribution in [3.05, 3.63) is 59.7 Å². The normalized spacial score (nSPS) is 13.0. The average molecular weight is 310 g/mol. The number of esters is 1. The van der Waals surface area contributed by atoms with Gasteiger partial charge < -0.3 is 10.1 Å². The smallest absolute Gasteiger partial charge is 0.339 e. The molecule has 0 radical (unpaired) electrons. The molecule has 0 unspecified atom stereocenters. The number of benzene rings is 2. The van der Waals surface area contributed by atoms with Crippen LogP contribution in [-0.2, 0) is 9.53 Å². The van der Waals surface area contributed by atoms with E-state index in [4.69, 9.17) is 4.74 Å². The van der Waals surface area contributed by atoms with Crippen LogP contribution in [0, 0.1) is 0 Å². The Morgan fingerprint density at radius 1 is 1.09 bits per heavy atom. The lowest BCUT2D eigenvalue weighted by molar-refractivity contribution is -0.114. The van der Waals surface area contributed by atoms with Gasteiger partial charge in [-0.1, -0.05) is 24.3 Å². The van der Waals surface area contributed by atoms with Crippen molar-refractivity contribution in [2.75, 3.05) is 24.0 Å². The fraction of sp³-hybridized carbons (Fsp3) is 0.118. The summed E-state index contributed by atoms with van der Waals surface area (Å²) in [4.78, 5) is 37.2. The molecule has 6 nitrogen and oxygen atoms in total. The van der Waals surface area contributed by atoms with Gasteiger partial charge in [-0.3, -0.25) is 14.5 Å². The maximum atomic E-state index is 12.1. The maximum absolute atomic E-state index is 12.1. The van der Waals surface area contributed by atoms with Crippen molar-refractivity contribution in [1.29, 1.82) is 0 Å². The van der Waals surface area contributed by atoms with Crippen molar-refractivity contribution in [2.24, 2.45) is 0 Å². The number of methoxy groups -OCH3 is 1. The first-order valence-electron chi connectivity index (χ1n) is 7.00. The number of carbonyl (C=O) groups is 3. The number of nitrogens with one attached hydrogen (secondary N) is 1. The van der Waals surface area contributed by atoms with Crippen LogP contribution in [0.2, 0.25) is 0 Å². The molecular formula is C17H14N2O4. The number of carbonyl (C=O) groups excluding carboxylic acids is 3. The molecule has 23 heavy (non-hydrogen) atoms. The molecule has 0 aromatic heterocycles. The molecule has 1 N–H and O–H groups in total. The number of fused-ring (bicyclic) bond motifs is 1. The van der Waals surface area contributed by atoms with Gasteiger partial charge in [-0.05, 0) is 24.3 Å². The summed E-state index contributed by atoms with van der Waals surface area (Å²) in [5.74, 6) is -1.59. The first-order valence-corrected chi connectivity index (χ1v) is 7.00. The second-order valence-corrected chi connectivity index (χ2v) is 4.95. The van der Waals surface area contributed by atoms with E-state index in [2.05, 4.69) is 5.32 Å². The third-order valence-corrected chi connectivity index (χ3v) is 3.64. The van der Waals surface area contributed by atoms with Crippen LogP contribution in [0.1, 0.15) is 20.7 Å². The quantitative estimate of drug-likeness (QED) is 0.691. The molecule has 2 aromatic rings. The zero-order valence-corrected chi connectivity index (χ0v) is 12.4. The summed E-state index contributed by atoms with van der Waals surface area (Å²) in [6.07, 6.45) is 0. The lowest BCUT2D eigenvalue weighted by Gasteiger charge is -2.19. The number of para-hydroxylation sites is 2. The van der Waals surface area contributed by atoms with Crippen molar-refractivity contribution >= 4 is 29.0 Å². The predicted octanol–water partition coefficient (Wildman–Crippen LogP) is 2.07. The Bertz CT molecular complexity index is 801. The maximum Gasteiger partial charge on any atom is 0.339 e. The molecule has 2 aromatic carbocycles. The number of Topliss-reactive ketones (excluding diaryl/α,β-unsaturated/α-hetero) is 1. The third-order valence-electron chi connectivity index (χ3n) is 3.64. The van der Waals surface area contributed by atoms with E-state index in [0.717, 1.165) is 0 Å². The van der Waals surface area contributed by atoms with E-state index in [1.165, 1.54) is 12.0 Å². The molecule has 0 atom stereocenters. The first-order chi connectivity index (χ1) is 11.1. The minimum Gasteiger partial charge on any atom is -0.465 e. The Labute approximate surface area is 132 Å². The number of ketones is 1. The number of amides is 1. The van der Waals surface area contributed by atoms with Crippen molar-refractivity contribution in [3.63, 3.8) is 0 Å². The number of hydrogen-bond donors (Lipinski definition) is 1. The molecule has 0 saturated carbocycles. The summed E-state index contributed by atoms with van der Waals surface area (Å²) in [6.45, 7) is 0.0790. The summed E-state index contributed by atoms with van der Waals surface area (Å²) in [5.41, 5.74) is 1.84. The average Bonchev–Trinajstić information content (AvgIpc) is 2.84. The van der Waals surface area contributed by atoms with Crippen LogP contribution >= 0.6 is 0 Å². The zero-order chi connectivity index (χ0) is 16.4. The second-order valence-electron chi connectivity index (χ2n) is 4.95. The minimum atomic E-state index is -0.589. The highest BCUT2D eigenvalue weighted by molar-refractivity contribution is 6.52. The van der Waals surface area contributed by atoms with Crippen LogP contribution in [0.25, 0.3) is 0 Å². The van der Waals surface area contributed by atoms with E-state index in [-0.39, 0.29) is 6.67 Å². The molecule has 3 rings (SSSR count). The van der Waals surface area contributed by atoms with Crippen LogP contribution in [0.5, 0.6) is 0 Å². The van der Waals surface area contributed by atoms with E-state index >= 15 is 0 Å². The fourth-order valence-electron chi connectivity index (χ4n) is 2.49. The van der Waals surface area contributed by atoms with E-state index < -0.39 is 17.7 Å². The van der Waals surface area contributed by atoms with E-state index in [9.17, 15) is 14.4 Å². The van der Waals surface area contributed by atoms with Gasteiger partial charge in [0.1, 0.15) is 0 Å². The second kappa shape index (κ2) is 5.92. The Balaban J connectivity index is 1.84. The monoisotopic (exact) mass is 310 g/mol. The van der Waals surface area contributed by atoms with E-state index in [0.29, 0.717) is 22.5 Å². The molecule has 0 fully saturated rings. The molecule has 1 amide bonds. The van der Waals surface area contributed by atoms with Crippen LogP contribution in [-0.4, -0.2) is 31.4 Å². The highest BCUT2D eigenvalue weighted by Crippen LogP contribution is 2.28. The van der Waals surface area contributed by atoms with Gasteiger partial charge in [-0.2, -0.15) is 0 Å². The Kier molecular flexibility index (Phi) is 3.80. The molecule has 1 aliphatic heterocycles. The highest BCUT2D eigenvalue weighted by atomic mass is 16.5. The van der Waals surface area contributed by atoms with Crippen molar-refractivity contribution in [3.8, 4) is 0 Å². The predicted molar refractivity (Wildman–Crippen MR) is 84.5 cm³/mol. The Morgan fingerprint density at radius 3 is 2.57 bits per heavy atom. The van der Waals surface area contributed by atoms with Crippen LogP contribution in [0.15, 0.2) is 48.5 Å². The highest BCUT2D eigenvalue weighted by Gasteiger charge is 2.35. The fourth-order valence-corrected chi connectivity index (χ4v) is 2.49. The summed E-state index contributed by atoms with van der Waals surface area (Å²) in [7, 11) is 1.30. The summed E-state index contributed by atoms with van der Waals surface area (Å²) in [5, 5.41) is 3.01. The van der Waals surface area contributed by atoms with Gasteiger partial charge in [0, 0.05) is 0 Å². The Hall–Kier alpha value is -3.15. The van der Waals surface area contributed by atoms with Crippen LogP contribution in [0.4, 0.5) is 11.4 Å². The van der Waals surface area contributed by atoms with Gasteiger partial charge in [-0.25, -0.2) is 4.79 Å². The molecular weight excluding hydrogens is 296 g/mol. The molecule has 0 aliphatic carbocycles. The summed E-state index contributed by atoms with van der Waals surface area (Å²) >= 11 is 0. The van der Waals surface area contributed by atoms with Crippen molar-refractivity contribution in [1.82, 2.24) is 0 Å². The van der Waals surface area contributed by atoms with Gasteiger partial charge >= 0.3 is 11.9 Å². The summed E-state index contributed by atoms with van der Waals surface area (Å²) < 4.78 is 4.73. The largest absolute Gasteiger partial charge is 0.465 e. The van der Waals surface area contributed by atoms with Crippen molar-refractivity contribution in [2.45, 2.75) is 0 Å². The van der Waals surface area contributed by atoms with Gasteiger partial charge in [0.05, 0.1) is 36.3 Å². The van der Waals surface area contributed by atoms with Crippen molar-refractivity contribution < 1.29 is 19.1 Å². The third kappa shape index (κ3) is 2.55. The zero-order valence-electron chi connectivity index (χ0n) is 12.4. The first kappa shape index (κ1) is 14.8. The van der Waals surface area contributed by atoms with E-state index in [1.54, 1.807) is 48.5 Å².